The molecule has 1 aliphatic carbocycles. The van der Waals surface area contributed by atoms with Gasteiger partial charge in [-0.05, 0) is 72.3 Å². The fraction of sp³-hybridized carbons (Fsp3) is 0.240. The van der Waals surface area contributed by atoms with Crippen molar-refractivity contribution in [1.82, 2.24) is 9.78 Å². The largest absolute Gasteiger partial charge is 0.493 e. The fourth-order valence-electron chi connectivity index (χ4n) is 3.50. The van der Waals surface area contributed by atoms with Gasteiger partial charge < -0.3 is 9.47 Å². The van der Waals surface area contributed by atoms with Crippen LogP contribution in [0.1, 0.15) is 31.4 Å². The summed E-state index contributed by atoms with van der Waals surface area (Å²) in [6.45, 7) is 2.65. The van der Waals surface area contributed by atoms with E-state index in [1.165, 1.54) is 12.8 Å². The van der Waals surface area contributed by atoms with Gasteiger partial charge in [0.25, 0.3) is 0 Å². The highest BCUT2D eigenvalue weighted by molar-refractivity contribution is 5.79. The number of aromatic nitrogens is 2. The molecular formula is C25H23N5O2. The Morgan fingerprint density at radius 3 is 2.66 bits per heavy atom. The second kappa shape index (κ2) is 8.65. The van der Waals surface area contributed by atoms with E-state index in [-0.39, 0.29) is 6.04 Å². The first-order chi connectivity index (χ1) is 15.7. The molecule has 7 nitrogen and oxygen atoms in total. The maximum atomic E-state index is 8.66. The molecule has 32 heavy (non-hydrogen) atoms. The second-order valence-electron chi connectivity index (χ2n) is 8.10. The number of rotatable bonds is 8. The molecule has 5 rings (SSSR count). The van der Waals surface area contributed by atoms with Gasteiger partial charge in [-0.2, -0.15) is 5.10 Å². The van der Waals surface area contributed by atoms with Crippen molar-refractivity contribution < 1.29 is 9.47 Å². The van der Waals surface area contributed by atoms with Crippen molar-refractivity contribution in [2.24, 2.45) is 11.0 Å². The fourth-order valence-corrected chi connectivity index (χ4v) is 3.50. The first-order valence-electron chi connectivity index (χ1n) is 10.7. The van der Waals surface area contributed by atoms with Crippen molar-refractivity contribution in [2.75, 3.05) is 6.61 Å². The first-order valence-corrected chi connectivity index (χ1v) is 10.7. The maximum absolute atomic E-state index is 8.66. The van der Waals surface area contributed by atoms with Crippen molar-refractivity contribution in [3.05, 3.63) is 88.9 Å². The van der Waals surface area contributed by atoms with Crippen LogP contribution < -0.4 is 9.47 Å². The van der Waals surface area contributed by atoms with Gasteiger partial charge in [0, 0.05) is 22.6 Å². The van der Waals surface area contributed by atoms with Gasteiger partial charge in [0.05, 0.1) is 23.9 Å². The molecule has 0 spiro atoms. The van der Waals surface area contributed by atoms with Crippen LogP contribution in [0.25, 0.3) is 27.0 Å². The van der Waals surface area contributed by atoms with Gasteiger partial charge in [-0.25, -0.2) is 4.68 Å². The van der Waals surface area contributed by atoms with Crippen LogP contribution in [-0.4, -0.2) is 16.4 Å². The van der Waals surface area contributed by atoms with E-state index in [9.17, 15) is 0 Å². The molecule has 1 saturated carbocycles. The molecule has 0 bridgehead atoms. The Morgan fingerprint density at radius 1 is 1.06 bits per heavy atom. The van der Waals surface area contributed by atoms with Crippen LogP contribution >= 0.6 is 0 Å². The van der Waals surface area contributed by atoms with Crippen molar-refractivity contribution in [3.8, 4) is 22.9 Å². The quantitative estimate of drug-likeness (QED) is 0.173. The zero-order valence-electron chi connectivity index (χ0n) is 17.8. The lowest BCUT2D eigenvalue weighted by Gasteiger charge is -2.09. The van der Waals surface area contributed by atoms with Gasteiger partial charge in [-0.15, -0.1) is 0 Å². The molecule has 1 heterocycles. The zero-order valence-corrected chi connectivity index (χ0v) is 17.8. The molecule has 1 atom stereocenters. The minimum atomic E-state index is -0.233. The molecule has 160 valence electrons. The molecule has 0 aliphatic heterocycles. The van der Waals surface area contributed by atoms with Crippen LogP contribution in [0.2, 0.25) is 0 Å². The summed E-state index contributed by atoms with van der Waals surface area (Å²) in [4.78, 5) is 2.89. The molecule has 3 aromatic carbocycles. The molecule has 0 amide bonds. The summed E-state index contributed by atoms with van der Waals surface area (Å²) in [7, 11) is 0. The Kier molecular flexibility index (Phi) is 5.40. The third-order valence-electron chi connectivity index (χ3n) is 5.56. The Labute approximate surface area is 185 Å². The van der Waals surface area contributed by atoms with Crippen LogP contribution in [0.15, 0.2) is 78.0 Å². The van der Waals surface area contributed by atoms with E-state index < -0.39 is 0 Å². The van der Waals surface area contributed by atoms with E-state index in [0.29, 0.717) is 5.92 Å². The van der Waals surface area contributed by atoms with Crippen LogP contribution in [0.4, 0.5) is 0 Å². The van der Waals surface area contributed by atoms with Crippen LogP contribution in [0, 0.1) is 5.92 Å². The van der Waals surface area contributed by atoms with Gasteiger partial charge in [0.2, 0.25) is 0 Å². The van der Waals surface area contributed by atoms with Gasteiger partial charge in [-0.3, -0.25) is 0 Å². The Bertz CT molecular complexity index is 1290. The topological polar surface area (TPSA) is 85.0 Å². The zero-order chi connectivity index (χ0) is 21.9. The lowest BCUT2D eigenvalue weighted by atomic mass is 10.1. The standard InChI is InChI=1S/C25H23N5O2/c1-17(27-29-26)19-7-8-20-15-30(28-25(20)13-19)21-9-11-22(12-10-21)32-24-4-2-3-23(14-24)31-16-18-5-6-18/h2-4,7-15,17-18H,5-6,16H2,1H3. The van der Waals surface area contributed by atoms with E-state index in [1.54, 1.807) is 0 Å². The molecule has 7 heteroatoms. The lowest BCUT2D eigenvalue weighted by molar-refractivity contribution is 0.298. The Morgan fingerprint density at radius 2 is 1.88 bits per heavy atom. The van der Waals surface area contributed by atoms with E-state index in [2.05, 4.69) is 15.1 Å². The minimum absolute atomic E-state index is 0.233. The van der Waals surface area contributed by atoms with Crippen LogP contribution in [0.5, 0.6) is 17.2 Å². The highest BCUT2D eigenvalue weighted by Crippen LogP contribution is 2.31. The number of nitrogens with zero attached hydrogens (tertiary/aromatic N) is 5. The third-order valence-corrected chi connectivity index (χ3v) is 5.56. The number of ether oxygens (including phenoxy) is 2. The molecule has 1 fully saturated rings. The molecule has 1 unspecified atom stereocenters. The van der Waals surface area contributed by atoms with Crippen molar-refractivity contribution in [2.45, 2.75) is 25.8 Å². The summed E-state index contributed by atoms with van der Waals surface area (Å²) in [6, 6.07) is 21.2. The summed E-state index contributed by atoms with van der Waals surface area (Å²) >= 11 is 0. The molecule has 4 aromatic rings. The molecule has 1 aliphatic rings. The number of fused-ring (bicyclic) bond motifs is 1. The molecule has 0 N–H and O–H groups in total. The summed E-state index contributed by atoms with van der Waals surface area (Å²) in [6.07, 6.45) is 4.52. The monoisotopic (exact) mass is 425 g/mol. The Hall–Kier alpha value is -3.96. The van der Waals surface area contributed by atoms with E-state index in [4.69, 9.17) is 15.0 Å². The van der Waals surface area contributed by atoms with E-state index in [0.717, 1.165) is 46.0 Å². The normalized spacial score (nSPS) is 14.0. The van der Waals surface area contributed by atoms with Crippen molar-refractivity contribution in [1.29, 1.82) is 0 Å². The predicted molar refractivity (Wildman–Crippen MR) is 123 cm³/mol. The van der Waals surface area contributed by atoms with E-state index >= 15 is 0 Å². The number of benzene rings is 3. The molecule has 1 aromatic heterocycles. The summed E-state index contributed by atoms with van der Waals surface area (Å²) in [5, 5.41) is 9.46. The summed E-state index contributed by atoms with van der Waals surface area (Å²) < 4.78 is 13.7. The average Bonchev–Trinajstić information content (AvgIpc) is 3.55. The smallest absolute Gasteiger partial charge is 0.131 e. The van der Waals surface area contributed by atoms with Crippen LogP contribution in [0.3, 0.4) is 0 Å². The summed E-state index contributed by atoms with van der Waals surface area (Å²) in [5.74, 6) is 3.04. The van der Waals surface area contributed by atoms with E-state index in [1.807, 2.05) is 84.5 Å². The van der Waals surface area contributed by atoms with Crippen molar-refractivity contribution >= 4 is 10.9 Å². The number of hydrogen-bond donors (Lipinski definition) is 0. The van der Waals surface area contributed by atoms with Crippen LogP contribution in [-0.2, 0) is 0 Å². The Balaban J connectivity index is 1.30. The minimum Gasteiger partial charge on any atom is -0.493 e. The van der Waals surface area contributed by atoms with Gasteiger partial charge in [-0.1, -0.05) is 30.2 Å². The third kappa shape index (κ3) is 4.53. The molecule has 0 radical (unpaired) electrons. The second-order valence-corrected chi connectivity index (χ2v) is 8.10. The SMILES string of the molecule is CC(N=[N+]=[N-])c1ccc2cn(-c3ccc(Oc4cccc(OCC5CC5)c4)cc3)nc2c1. The molecular weight excluding hydrogens is 402 g/mol. The summed E-state index contributed by atoms with van der Waals surface area (Å²) in [5.41, 5.74) is 11.4. The highest BCUT2D eigenvalue weighted by atomic mass is 16.5. The predicted octanol–water partition coefficient (Wildman–Crippen LogP) is 6.98. The number of hydrogen-bond acceptors (Lipinski definition) is 4. The van der Waals surface area contributed by atoms with Gasteiger partial charge >= 0.3 is 0 Å². The number of azide groups is 1. The van der Waals surface area contributed by atoms with Gasteiger partial charge in [0.15, 0.2) is 0 Å². The molecule has 0 saturated heterocycles. The van der Waals surface area contributed by atoms with Crippen molar-refractivity contribution in [3.63, 3.8) is 0 Å². The highest BCUT2D eigenvalue weighted by Gasteiger charge is 2.21. The van der Waals surface area contributed by atoms with Gasteiger partial charge in [0.1, 0.15) is 17.2 Å². The maximum Gasteiger partial charge on any atom is 0.131 e. The average molecular weight is 425 g/mol. The lowest BCUT2D eigenvalue weighted by Crippen LogP contribution is -1.98. The first kappa shape index (κ1) is 20.0.